The number of rotatable bonds is 6. The van der Waals surface area contributed by atoms with Crippen LogP contribution in [0.1, 0.15) is 52.9 Å². The Morgan fingerprint density at radius 3 is 2.75 bits per heavy atom. The molecule has 0 aromatic carbocycles. The van der Waals surface area contributed by atoms with Crippen molar-refractivity contribution >= 4 is 0 Å². The molecule has 2 rings (SSSR count). The smallest absolute Gasteiger partial charge is 0.0210 e. The van der Waals surface area contributed by atoms with Crippen LogP contribution >= 0.6 is 0 Å². The summed E-state index contributed by atoms with van der Waals surface area (Å²) in [7, 11) is 0. The molecule has 1 aliphatic heterocycles. The summed E-state index contributed by atoms with van der Waals surface area (Å²) >= 11 is 0. The fourth-order valence-corrected chi connectivity index (χ4v) is 3.08. The van der Waals surface area contributed by atoms with E-state index in [0.717, 1.165) is 24.0 Å². The van der Waals surface area contributed by atoms with Gasteiger partial charge in [-0.05, 0) is 45.1 Å². The van der Waals surface area contributed by atoms with Crippen molar-refractivity contribution in [1.82, 2.24) is 10.2 Å². The Hall–Kier alpha value is -0.0800. The van der Waals surface area contributed by atoms with Crippen LogP contribution in [-0.4, -0.2) is 36.1 Å². The molecule has 1 saturated heterocycles. The van der Waals surface area contributed by atoms with E-state index < -0.39 is 0 Å². The molecule has 1 N–H and O–H groups in total. The molecule has 3 unspecified atom stereocenters. The van der Waals surface area contributed by atoms with Crippen molar-refractivity contribution < 1.29 is 0 Å². The van der Waals surface area contributed by atoms with E-state index in [1.54, 1.807) is 0 Å². The first-order chi connectivity index (χ1) is 7.70. The summed E-state index contributed by atoms with van der Waals surface area (Å²) in [6.07, 6.45) is 6.93. The van der Waals surface area contributed by atoms with Gasteiger partial charge in [0.1, 0.15) is 0 Å². The van der Waals surface area contributed by atoms with Gasteiger partial charge in [0.25, 0.3) is 0 Å². The van der Waals surface area contributed by atoms with Crippen LogP contribution in [0.2, 0.25) is 0 Å². The van der Waals surface area contributed by atoms with E-state index in [4.69, 9.17) is 0 Å². The number of nitrogens with zero attached hydrogens (tertiary/aromatic N) is 1. The first kappa shape index (κ1) is 12.4. The van der Waals surface area contributed by atoms with Crippen molar-refractivity contribution in [3.63, 3.8) is 0 Å². The SMILES string of the molecule is CCCC(C)CNC1CC(C)N(C2CC2)C1. The van der Waals surface area contributed by atoms with Gasteiger partial charge < -0.3 is 5.32 Å². The molecular formula is C14H28N2. The summed E-state index contributed by atoms with van der Waals surface area (Å²) in [6.45, 7) is 9.56. The number of nitrogens with one attached hydrogen (secondary N) is 1. The first-order valence-electron chi connectivity index (χ1n) is 7.19. The third-order valence-corrected chi connectivity index (χ3v) is 4.18. The summed E-state index contributed by atoms with van der Waals surface area (Å²) < 4.78 is 0. The second kappa shape index (κ2) is 5.50. The summed E-state index contributed by atoms with van der Waals surface area (Å²) in [5.41, 5.74) is 0. The monoisotopic (exact) mass is 224 g/mol. The van der Waals surface area contributed by atoms with Crippen LogP contribution in [0.3, 0.4) is 0 Å². The van der Waals surface area contributed by atoms with Crippen LogP contribution < -0.4 is 5.32 Å². The van der Waals surface area contributed by atoms with Gasteiger partial charge in [-0.1, -0.05) is 20.3 Å². The predicted octanol–water partition coefficient (Wildman–Crippen LogP) is 2.64. The average molecular weight is 224 g/mol. The van der Waals surface area contributed by atoms with Gasteiger partial charge in [0, 0.05) is 24.7 Å². The molecule has 0 bridgehead atoms. The van der Waals surface area contributed by atoms with E-state index in [-0.39, 0.29) is 0 Å². The van der Waals surface area contributed by atoms with Crippen LogP contribution in [-0.2, 0) is 0 Å². The minimum Gasteiger partial charge on any atom is -0.312 e. The standard InChI is InChI=1S/C14H28N2/c1-4-5-11(2)9-15-13-8-12(3)16(10-13)14-6-7-14/h11-15H,4-10H2,1-3H3. The lowest BCUT2D eigenvalue weighted by Gasteiger charge is -2.20. The molecule has 3 atom stereocenters. The molecule has 2 aliphatic rings. The molecule has 94 valence electrons. The molecule has 1 saturated carbocycles. The lowest BCUT2D eigenvalue weighted by Crippen LogP contribution is -2.36. The van der Waals surface area contributed by atoms with Crippen molar-refractivity contribution in [1.29, 1.82) is 0 Å². The van der Waals surface area contributed by atoms with E-state index in [2.05, 4.69) is 31.0 Å². The van der Waals surface area contributed by atoms with Crippen LogP contribution in [0.5, 0.6) is 0 Å². The third kappa shape index (κ3) is 3.21. The predicted molar refractivity (Wildman–Crippen MR) is 69.7 cm³/mol. The van der Waals surface area contributed by atoms with E-state index in [9.17, 15) is 0 Å². The summed E-state index contributed by atoms with van der Waals surface area (Å²) in [5, 5.41) is 3.77. The highest BCUT2D eigenvalue weighted by Crippen LogP contribution is 2.33. The maximum atomic E-state index is 3.77. The van der Waals surface area contributed by atoms with Gasteiger partial charge in [-0.2, -0.15) is 0 Å². The average Bonchev–Trinajstić information content (AvgIpc) is 3.01. The Kier molecular flexibility index (Phi) is 4.26. The van der Waals surface area contributed by atoms with E-state index in [1.807, 2.05) is 0 Å². The van der Waals surface area contributed by atoms with Gasteiger partial charge in [0.2, 0.25) is 0 Å². The molecule has 0 amide bonds. The highest BCUT2D eigenvalue weighted by Gasteiger charge is 2.38. The van der Waals surface area contributed by atoms with Crippen molar-refractivity contribution in [2.45, 2.75) is 71.0 Å². The van der Waals surface area contributed by atoms with Gasteiger partial charge in [0.15, 0.2) is 0 Å². The molecule has 0 aromatic rings. The summed E-state index contributed by atoms with van der Waals surface area (Å²) in [5.74, 6) is 0.843. The lowest BCUT2D eigenvalue weighted by atomic mass is 10.1. The fourth-order valence-electron chi connectivity index (χ4n) is 3.08. The zero-order chi connectivity index (χ0) is 11.5. The third-order valence-electron chi connectivity index (χ3n) is 4.18. The summed E-state index contributed by atoms with van der Waals surface area (Å²) in [6, 6.07) is 2.51. The Balaban J connectivity index is 1.67. The molecule has 1 heterocycles. The molecule has 0 spiro atoms. The second-order valence-electron chi connectivity index (χ2n) is 6.01. The van der Waals surface area contributed by atoms with E-state index in [1.165, 1.54) is 45.2 Å². The van der Waals surface area contributed by atoms with Crippen molar-refractivity contribution in [3.05, 3.63) is 0 Å². The van der Waals surface area contributed by atoms with Gasteiger partial charge in [-0.3, -0.25) is 4.90 Å². The Labute approximate surface area is 101 Å². The van der Waals surface area contributed by atoms with Crippen LogP contribution in [0.15, 0.2) is 0 Å². The minimum absolute atomic E-state index is 0.759. The highest BCUT2D eigenvalue weighted by atomic mass is 15.3. The van der Waals surface area contributed by atoms with Gasteiger partial charge in [-0.25, -0.2) is 0 Å². The molecule has 2 fully saturated rings. The first-order valence-corrected chi connectivity index (χ1v) is 7.19. The lowest BCUT2D eigenvalue weighted by molar-refractivity contribution is 0.254. The molecule has 0 aromatic heterocycles. The maximum Gasteiger partial charge on any atom is 0.0210 e. The number of likely N-dealkylation sites (tertiary alicyclic amines) is 1. The quantitative estimate of drug-likeness (QED) is 0.746. The molecule has 2 heteroatoms. The Bertz CT molecular complexity index is 213. The van der Waals surface area contributed by atoms with Crippen LogP contribution in [0.25, 0.3) is 0 Å². The topological polar surface area (TPSA) is 15.3 Å². The van der Waals surface area contributed by atoms with Crippen molar-refractivity contribution in [3.8, 4) is 0 Å². The molecule has 2 nitrogen and oxygen atoms in total. The van der Waals surface area contributed by atoms with Crippen LogP contribution in [0.4, 0.5) is 0 Å². The fraction of sp³-hybridized carbons (Fsp3) is 1.00. The Morgan fingerprint density at radius 2 is 2.12 bits per heavy atom. The van der Waals surface area contributed by atoms with Gasteiger partial charge in [-0.15, -0.1) is 0 Å². The maximum absolute atomic E-state index is 3.77. The number of hydrogen-bond acceptors (Lipinski definition) is 2. The van der Waals surface area contributed by atoms with Gasteiger partial charge >= 0.3 is 0 Å². The highest BCUT2D eigenvalue weighted by molar-refractivity contribution is 4.95. The molecule has 16 heavy (non-hydrogen) atoms. The van der Waals surface area contributed by atoms with Gasteiger partial charge in [0.05, 0.1) is 0 Å². The van der Waals surface area contributed by atoms with E-state index in [0.29, 0.717) is 0 Å². The second-order valence-corrected chi connectivity index (χ2v) is 6.01. The molecule has 0 radical (unpaired) electrons. The van der Waals surface area contributed by atoms with Crippen LogP contribution in [0, 0.1) is 5.92 Å². The van der Waals surface area contributed by atoms with Crippen molar-refractivity contribution in [2.75, 3.05) is 13.1 Å². The summed E-state index contributed by atoms with van der Waals surface area (Å²) in [4.78, 5) is 2.72. The largest absolute Gasteiger partial charge is 0.312 e. The molecule has 1 aliphatic carbocycles. The van der Waals surface area contributed by atoms with E-state index >= 15 is 0 Å². The zero-order valence-corrected chi connectivity index (χ0v) is 11.2. The number of hydrogen-bond donors (Lipinski definition) is 1. The minimum atomic E-state index is 0.759. The molecular weight excluding hydrogens is 196 g/mol. The normalized spacial score (nSPS) is 33.2. The zero-order valence-electron chi connectivity index (χ0n) is 11.2. The van der Waals surface area contributed by atoms with Crippen molar-refractivity contribution in [2.24, 2.45) is 5.92 Å². The Morgan fingerprint density at radius 1 is 1.38 bits per heavy atom.